The minimum absolute atomic E-state index is 0.151. The quantitative estimate of drug-likeness (QED) is 0.631. The van der Waals surface area contributed by atoms with Crippen molar-refractivity contribution in [2.75, 3.05) is 0 Å². The molecular formula is C18H20FN3O2. The van der Waals surface area contributed by atoms with Crippen LogP contribution in [0.4, 0.5) is 4.39 Å². The number of nitrogens with one attached hydrogen (secondary N) is 1. The number of amides is 1. The van der Waals surface area contributed by atoms with Gasteiger partial charge in [0.05, 0.1) is 5.69 Å². The summed E-state index contributed by atoms with van der Waals surface area (Å²) in [6.07, 6.45) is 5.05. The average molecular weight is 329 g/mol. The summed E-state index contributed by atoms with van der Waals surface area (Å²) < 4.78 is 13.8. The van der Waals surface area contributed by atoms with Gasteiger partial charge in [0.15, 0.2) is 0 Å². The van der Waals surface area contributed by atoms with Crippen LogP contribution in [-0.2, 0) is 17.6 Å². The van der Waals surface area contributed by atoms with E-state index in [1.165, 1.54) is 6.07 Å². The molecule has 0 unspecified atom stereocenters. The van der Waals surface area contributed by atoms with Crippen LogP contribution in [0.25, 0.3) is 0 Å². The Labute approximate surface area is 139 Å². The van der Waals surface area contributed by atoms with E-state index in [1.54, 1.807) is 24.7 Å². The Balaban J connectivity index is 1.88. The number of rotatable bonds is 6. The maximum Gasteiger partial charge on any atom is 0.243 e. The highest BCUT2D eigenvalue weighted by atomic mass is 19.1. The van der Waals surface area contributed by atoms with Gasteiger partial charge in [0, 0.05) is 25.0 Å². The monoisotopic (exact) mass is 329 g/mol. The Kier molecular flexibility index (Phi) is 4.85. The van der Waals surface area contributed by atoms with Gasteiger partial charge >= 0.3 is 0 Å². The van der Waals surface area contributed by atoms with Crippen molar-refractivity contribution < 1.29 is 14.4 Å². The van der Waals surface area contributed by atoms with Crippen LogP contribution in [0, 0.1) is 12.7 Å². The summed E-state index contributed by atoms with van der Waals surface area (Å²) in [5, 5.41) is 8.64. The fourth-order valence-electron chi connectivity index (χ4n) is 2.69. The van der Waals surface area contributed by atoms with Crippen molar-refractivity contribution in [3.63, 3.8) is 0 Å². The molecule has 24 heavy (non-hydrogen) atoms. The molecule has 0 atom stereocenters. The van der Waals surface area contributed by atoms with Gasteiger partial charge in [0.1, 0.15) is 11.6 Å². The second-order valence-corrected chi connectivity index (χ2v) is 6.21. The molecule has 5 nitrogen and oxygen atoms in total. The lowest BCUT2D eigenvalue weighted by atomic mass is 9.99. The van der Waals surface area contributed by atoms with E-state index < -0.39 is 5.91 Å². The number of hydroxylamine groups is 1. The Morgan fingerprint density at radius 3 is 2.88 bits per heavy atom. The lowest BCUT2D eigenvalue weighted by Gasteiger charge is -2.12. The van der Waals surface area contributed by atoms with E-state index in [4.69, 9.17) is 5.21 Å². The van der Waals surface area contributed by atoms with E-state index in [1.807, 2.05) is 6.07 Å². The number of carbonyl (C=O) groups is 1. The topological polar surface area (TPSA) is 75.1 Å². The third-order valence-electron chi connectivity index (χ3n) is 4.40. The fraction of sp³-hybridized carbons (Fsp3) is 0.389. The number of benzene rings is 1. The van der Waals surface area contributed by atoms with E-state index in [0.717, 1.165) is 35.5 Å². The molecule has 1 aromatic heterocycles. The van der Waals surface area contributed by atoms with E-state index >= 15 is 0 Å². The molecule has 1 amide bonds. The zero-order valence-corrected chi connectivity index (χ0v) is 13.6. The van der Waals surface area contributed by atoms with Crippen LogP contribution in [0.15, 0.2) is 24.4 Å². The zero-order valence-electron chi connectivity index (χ0n) is 13.6. The number of hydrogen-bond donors (Lipinski definition) is 2. The van der Waals surface area contributed by atoms with Crippen LogP contribution in [0.1, 0.15) is 53.4 Å². The SMILES string of the molecule is Cc1c(F)cccc1Cc1nc(C2CC2)ncc1CCC(=O)NO. The van der Waals surface area contributed by atoms with Crippen LogP contribution in [0.3, 0.4) is 0 Å². The number of carbonyl (C=O) groups excluding carboxylic acids is 1. The van der Waals surface area contributed by atoms with Crippen molar-refractivity contribution in [1.82, 2.24) is 15.4 Å². The van der Waals surface area contributed by atoms with Gasteiger partial charge in [-0.15, -0.1) is 0 Å². The molecule has 126 valence electrons. The second-order valence-electron chi connectivity index (χ2n) is 6.21. The summed E-state index contributed by atoms with van der Waals surface area (Å²) in [6.45, 7) is 1.76. The van der Waals surface area contributed by atoms with Crippen LogP contribution in [-0.4, -0.2) is 21.1 Å². The summed E-state index contributed by atoms with van der Waals surface area (Å²) >= 11 is 0. The van der Waals surface area contributed by atoms with Crippen LogP contribution in [0.5, 0.6) is 0 Å². The van der Waals surface area contributed by atoms with Crippen molar-refractivity contribution in [1.29, 1.82) is 0 Å². The molecule has 1 saturated carbocycles. The number of nitrogens with zero attached hydrogens (tertiary/aromatic N) is 2. The van der Waals surface area contributed by atoms with E-state index in [2.05, 4.69) is 9.97 Å². The summed E-state index contributed by atoms with van der Waals surface area (Å²) in [5.41, 5.74) is 4.80. The van der Waals surface area contributed by atoms with Gasteiger partial charge in [-0.25, -0.2) is 19.8 Å². The molecule has 1 aliphatic carbocycles. The summed E-state index contributed by atoms with van der Waals surface area (Å²) in [7, 11) is 0. The molecule has 0 bridgehead atoms. The van der Waals surface area contributed by atoms with Crippen LogP contribution in [0.2, 0.25) is 0 Å². The summed E-state index contributed by atoms with van der Waals surface area (Å²) in [4.78, 5) is 20.4. The maximum atomic E-state index is 13.8. The van der Waals surface area contributed by atoms with Crippen molar-refractivity contribution in [2.24, 2.45) is 0 Å². The normalized spacial score (nSPS) is 13.8. The molecule has 3 rings (SSSR count). The Hall–Kier alpha value is -2.34. The first kappa shape index (κ1) is 16.5. The molecule has 2 aromatic rings. The predicted molar refractivity (Wildman–Crippen MR) is 86.2 cm³/mol. The molecule has 1 heterocycles. The highest BCUT2D eigenvalue weighted by molar-refractivity contribution is 5.74. The molecule has 1 aliphatic rings. The number of aromatic nitrogens is 2. The highest BCUT2D eigenvalue weighted by Crippen LogP contribution is 2.38. The lowest BCUT2D eigenvalue weighted by molar-refractivity contribution is -0.129. The first-order valence-electron chi connectivity index (χ1n) is 8.10. The van der Waals surface area contributed by atoms with Gasteiger partial charge in [-0.05, 0) is 48.9 Å². The third kappa shape index (κ3) is 3.76. The first-order chi connectivity index (χ1) is 11.6. The van der Waals surface area contributed by atoms with Gasteiger partial charge in [0.25, 0.3) is 0 Å². The molecule has 0 spiro atoms. The van der Waals surface area contributed by atoms with Gasteiger partial charge in [-0.1, -0.05) is 12.1 Å². The zero-order chi connectivity index (χ0) is 17.1. The second kappa shape index (κ2) is 7.05. The minimum atomic E-state index is -0.450. The van der Waals surface area contributed by atoms with E-state index in [9.17, 15) is 9.18 Å². The molecule has 1 aromatic carbocycles. The van der Waals surface area contributed by atoms with Crippen molar-refractivity contribution in [3.05, 3.63) is 58.4 Å². The summed E-state index contributed by atoms with van der Waals surface area (Å²) in [5.74, 6) is 0.570. The maximum absolute atomic E-state index is 13.8. The Morgan fingerprint density at radius 1 is 1.38 bits per heavy atom. The molecule has 0 radical (unpaired) electrons. The van der Waals surface area contributed by atoms with Gasteiger partial charge in [-0.2, -0.15) is 0 Å². The molecule has 6 heteroatoms. The van der Waals surface area contributed by atoms with Crippen molar-refractivity contribution >= 4 is 5.91 Å². The molecule has 1 fully saturated rings. The van der Waals surface area contributed by atoms with Crippen LogP contribution >= 0.6 is 0 Å². The smallest absolute Gasteiger partial charge is 0.243 e. The summed E-state index contributed by atoms with van der Waals surface area (Å²) in [6, 6.07) is 5.03. The van der Waals surface area contributed by atoms with Gasteiger partial charge in [-0.3, -0.25) is 10.0 Å². The Morgan fingerprint density at radius 2 is 2.17 bits per heavy atom. The largest absolute Gasteiger partial charge is 0.289 e. The number of halogens is 1. The minimum Gasteiger partial charge on any atom is -0.289 e. The first-order valence-corrected chi connectivity index (χ1v) is 8.10. The predicted octanol–water partition coefficient (Wildman–Crippen LogP) is 2.83. The van der Waals surface area contributed by atoms with Gasteiger partial charge in [0.2, 0.25) is 5.91 Å². The molecular weight excluding hydrogens is 309 g/mol. The van der Waals surface area contributed by atoms with Crippen LogP contribution < -0.4 is 5.48 Å². The number of hydrogen-bond acceptors (Lipinski definition) is 4. The molecule has 0 aliphatic heterocycles. The van der Waals surface area contributed by atoms with E-state index in [-0.39, 0.29) is 12.2 Å². The van der Waals surface area contributed by atoms with Crippen molar-refractivity contribution in [3.8, 4) is 0 Å². The molecule has 2 N–H and O–H groups in total. The Bertz CT molecular complexity index is 760. The molecule has 0 saturated heterocycles. The lowest BCUT2D eigenvalue weighted by Crippen LogP contribution is -2.19. The van der Waals surface area contributed by atoms with E-state index in [0.29, 0.717) is 24.3 Å². The highest BCUT2D eigenvalue weighted by Gasteiger charge is 2.27. The fourth-order valence-corrected chi connectivity index (χ4v) is 2.69. The average Bonchev–Trinajstić information content (AvgIpc) is 3.42. The number of aryl methyl sites for hydroxylation is 1. The standard InChI is InChI=1S/C18H20FN3O2/c1-11-13(3-2-4-15(11)19)9-16-14(7-8-17(23)22-24)10-20-18(21-16)12-5-6-12/h2-4,10,12,24H,5-9H2,1H3,(H,22,23). The third-order valence-corrected chi connectivity index (χ3v) is 4.40. The van der Waals surface area contributed by atoms with Gasteiger partial charge < -0.3 is 0 Å². The van der Waals surface area contributed by atoms with Crippen molar-refractivity contribution in [2.45, 2.75) is 44.9 Å².